The minimum absolute atomic E-state index is 0.0908. The van der Waals surface area contributed by atoms with E-state index < -0.39 is 6.09 Å². The maximum Gasteiger partial charge on any atom is 0.407 e. The smallest absolute Gasteiger partial charge is 0.407 e. The second kappa shape index (κ2) is 7.21. The number of benzene rings is 2. The number of rotatable bonds is 5. The number of amides is 2. The van der Waals surface area contributed by atoms with Gasteiger partial charge in [-0.15, -0.1) is 0 Å². The van der Waals surface area contributed by atoms with Crippen molar-refractivity contribution in [3.05, 3.63) is 77.9 Å². The quantitative estimate of drug-likeness (QED) is 0.910. The maximum absolute atomic E-state index is 12.5. The normalized spacial score (nSPS) is 14.2. The predicted molar refractivity (Wildman–Crippen MR) is 95.7 cm³/mol. The van der Waals surface area contributed by atoms with Crippen LogP contribution in [0.2, 0.25) is 0 Å². The van der Waals surface area contributed by atoms with Crippen LogP contribution in [0.4, 0.5) is 4.79 Å². The lowest BCUT2D eigenvalue weighted by atomic mass is 10.1. The molecule has 1 N–H and O–H groups in total. The van der Waals surface area contributed by atoms with Crippen LogP contribution in [0, 0.1) is 0 Å². The standard InChI is InChI=1S/C20H20N2O3/c1-14(21-20(24)25-13-16-8-4-3-5-9-16)12-22-15(2)17-10-6-7-11-18(17)19(22)23/h3-11,14H,2,12-13H2,1H3,(H,21,24)/t14-/m1/s1. The molecule has 1 heterocycles. The summed E-state index contributed by atoms with van der Waals surface area (Å²) < 4.78 is 5.20. The van der Waals surface area contributed by atoms with Gasteiger partial charge in [-0.3, -0.25) is 4.79 Å². The molecule has 0 fully saturated rings. The Morgan fingerprint density at radius 1 is 1.12 bits per heavy atom. The zero-order chi connectivity index (χ0) is 17.8. The third-order valence-electron chi connectivity index (χ3n) is 4.07. The summed E-state index contributed by atoms with van der Waals surface area (Å²) in [5.74, 6) is -0.0908. The van der Waals surface area contributed by atoms with E-state index in [9.17, 15) is 9.59 Å². The molecule has 0 saturated heterocycles. The number of hydrogen-bond donors (Lipinski definition) is 1. The van der Waals surface area contributed by atoms with E-state index in [2.05, 4.69) is 11.9 Å². The molecule has 0 bridgehead atoms. The van der Waals surface area contributed by atoms with Crippen molar-refractivity contribution in [1.29, 1.82) is 0 Å². The van der Waals surface area contributed by atoms with Gasteiger partial charge in [0, 0.05) is 29.4 Å². The summed E-state index contributed by atoms with van der Waals surface area (Å²) in [4.78, 5) is 26.0. The lowest BCUT2D eigenvalue weighted by Crippen LogP contribution is -2.41. The molecule has 0 saturated carbocycles. The molecule has 1 atom stereocenters. The molecule has 25 heavy (non-hydrogen) atoms. The van der Waals surface area contributed by atoms with Gasteiger partial charge in [0.15, 0.2) is 0 Å². The second-order valence-corrected chi connectivity index (χ2v) is 6.02. The monoisotopic (exact) mass is 336 g/mol. The fourth-order valence-electron chi connectivity index (χ4n) is 2.81. The first-order valence-corrected chi connectivity index (χ1v) is 8.13. The molecule has 2 aromatic rings. The molecule has 0 spiro atoms. The van der Waals surface area contributed by atoms with Crippen molar-refractivity contribution in [2.24, 2.45) is 0 Å². The number of ether oxygens (including phenoxy) is 1. The molecule has 0 radical (unpaired) electrons. The summed E-state index contributed by atoms with van der Waals surface area (Å²) in [5, 5.41) is 2.75. The maximum atomic E-state index is 12.5. The lowest BCUT2D eigenvalue weighted by molar-refractivity contribution is 0.0836. The summed E-state index contributed by atoms with van der Waals surface area (Å²) >= 11 is 0. The van der Waals surface area contributed by atoms with E-state index in [-0.39, 0.29) is 18.6 Å². The Hall–Kier alpha value is -3.08. The Balaban J connectivity index is 1.53. The first kappa shape index (κ1) is 16.8. The molecule has 0 unspecified atom stereocenters. The number of fused-ring (bicyclic) bond motifs is 1. The van der Waals surface area contributed by atoms with Crippen LogP contribution in [-0.2, 0) is 11.3 Å². The van der Waals surface area contributed by atoms with E-state index in [1.165, 1.54) is 0 Å². The fraction of sp³-hybridized carbons (Fsp3) is 0.200. The van der Waals surface area contributed by atoms with E-state index in [1.54, 1.807) is 11.0 Å². The van der Waals surface area contributed by atoms with Crippen LogP contribution in [0.15, 0.2) is 61.2 Å². The van der Waals surface area contributed by atoms with Gasteiger partial charge in [0.05, 0.1) is 0 Å². The van der Waals surface area contributed by atoms with Gasteiger partial charge < -0.3 is 15.0 Å². The van der Waals surface area contributed by atoms with Gasteiger partial charge in [0.1, 0.15) is 6.61 Å². The van der Waals surface area contributed by atoms with Crippen LogP contribution in [0.3, 0.4) is 0 Å². The fourth-order valence-corrected chi connectivity index (χ4v) is 2.81. The van der Waals surface area contributed by atoms with Crippen LogP contribution in [0.25, 0.3) is 5.70 Å². The average Bonchev–Trinajstić information content (AvgIpc) is 2.86. The van der Waals surface area contributed by atoms with Gasteiger partial charge in [0.2, 0.25) is 0 Å². The molecule has 1 aliphatic rings. The summed E-state index contributed by atoms with van der Waals surface area (Å²) in [6, 6.07) is 16.6. The Morgan fingerprint density at radius 2 is 1.76 bits per heavy atom. The highest BCUT2D eigenvalue weighted by Gasteiger charge is 2.31. The summed E-state index contributed by atoms with van der Waals surface area (Å²) in [6.45, 7) is 6.37. The Labute approximate surface area is 146 Å². The Kier molecular flexibility index (Phi) is 4.84. The first-order valence-electron chi connectivity index (χ1n) is 8.13. The molecule has 1 aliphatic heterocycles. The zero-order valence-electron chi connectivity index (χ0n) is 14.1. The highest BCUT2D eigenvalue weighted by Crippen LogP contribution is 2.30. The van der Waals surface area contributed by atoms with Crippen molar-refractivity contribution < 1.29 is 14.3 Å². The molecular weight excluding hydrogens is 316 g/mol. The molecule has 0 aliphatic carbocycles. The highest BCUT2D eigenvalue weighted by molar-refractivity contribution is 6.08. The van der Waals surface area contributed by atoms with Crippen LogP contribution in [-0.4, -0.2) is 29.5 Å². The van der Waals surface area contributed by atoms with E-state index in [4.69, 9.17) is 4.74 Å². The Bertz CT molecular complexity index is 767. The van der Waals surface area contributed by atoms with Gasteiger partial charge >= 0.3 is 6.09 Å². The first-order chi connectivity index (χ1) is 12.1. The van der Waals surface area contributed by atoms with Gasteiger partial charge in [-0.25, -0.2) is 4.79 Å². The predicted octanol–water partition coefficient (Wildman–Crippen LogP) is 3.43. The van der Waals surface area contributed by atoms with Gasteiger partial charge in [-0.1, -0.05) is 55.1 Å². The average molecular weight is 336 g/mol. The molecule has 2 aromatic carbocycles. The van der Waals surface area contributed by atoms with Crippen molar-refractivity contribution in [3.63, 3.8) is 0 Å². The SMILES string of the molecule is C=C1c2ccccc2C(=O)N1C[C@@H](C)NC(=O)OCc1ccccc1. The summed E-state index contributed by atoms with van der Waals surface area (Å²) in [6.07, 6.45) is -0.508. The number of carbonyl (C=O) groups excluding carboxylic acids is 2. The van der Waals surface area contributed by atoms with E-state index in [0.717, 1.165) is 11.1 Å². The van der Waals surface area contributed by atoms with Crippen molar-refractivity contribution >= 4 is 17.7 Å². The third-order valence-corrected chi connectivity index (χ3v) is 4.07. The van der Waals surface area contributed by atoms with Gasteiger partial charge in [0.25, 0.3) is 5.91 Å². The molecule has 2 amide bonds. The van der Waals surface area contributed by atoms with E-state index >= 15 is 0 Å². The van der Waals surface area contributed by atoms with Crippen molar-refractivity contribution in [3.8, 4) is 0 Å². The number of hydrogen-bond acceptors (Lipinski definition) is 3. The Morgan fingerprint density at radius 3 is 2.44 bits per heavy atom. The second-order valence-electron chi connectivity index (χ2n) is 6.02. The minimum Gasteiger partial charge on any atom is -0.445 e. The van der Waals surface area contributed by atoms with Crippen molar-refractivity contribution in [2.45, 2.75) is 19.6 Å². The van der Waals surface area contributed by atoms with Crippen molar-refractivity contribution in [1.82, 2.24) is 10.2 Å². The molecule has 5 heteroatoms. The molecule has 3 rings (SSSR count). The van der Waals surface area contributed by atoms with Crippen molar-refractivity contribution in [2.75, 3.05) is 6.54 Å². The van der Waals surface area contributed by atoms with Gasteiger partial charge in [-0.05, 0) is 18.6 Å². The number of nitrogens with one attached hydrogen (secondary N) is 1. The molecular formula is C20H20N2O3. The number of alkyl carbamates (subject to hydrolysis) is 1. The van der Waals surface area contributed by atoms with Crippen LogP contribution < -0.4 is 5.32 Å². The van der Waals surface area contributed by atoms with Crippen LogP contribution in [0.1, 0.15) is 28.4 Å². The molecule has 0 aromatic heterocycles. The summed E-state index contributed by atoms with van der Waals surface area (Å²) in [5.41, 5.74) is 3.06. The number of carbonyl (C=O) groups is 2. The van der Waals surface area contributed by atoms with Gasteiger partial charge in [-0.2, -0.15) is 0 Å². The largest absolute Gasteiger partial charge is 0.445 e. The molecule has 128 valence electrons. The zero-order valence-corrected chi connectivity index (χ0v) is 14.1. The van der Waals surface area contributed by atoms with E-state index in [1.807, 2.05) is 55.5 Å². The number of nitrogens with zero attached hydrogens (tertiary/aromatic N) is 1. The minimum atomic E-state index is -0.508. The van der Waals surface area contributed by atoms with Crippen LogP contribution >= 0.6 is 0 Å². The lowest BCUT2D eigenvalue weighted by Gasteiger charge is -2.22. The molecule has 5 nitrogen and oxygen atoms in total. The highest BCUT2D eigenvalue weighted by atomic mass is 16.5. The topological polar surface area (TPSA) is 58.6 Å². The third kappa shape index (κ3) is 3.71. The van der Waals surface area contributed by atoms with E-state index in [0.29, 0.717) is 17.8 Å². The summed E-state index contributed by atoms with van der Waals surface area (Å²) in [7, 11) is 0. The van der Waals surface area contributed by atoms with Crippen LogP contribution in [0.5, 0.6) is 0 Å².